The molecule has 0 aliphatic carbocycles. The van der Waals surface area contributed by atoms with E-state index in [1.54, 1.807) is 38.2 Å². The highest BCUT2D eigenvalue weighted by atomic mass is 16.4. The van der Waals surface area contributed by atoms with E-state index < -0.39 is 0 Å². The van der Waals surface area contributed by atoms with Crippen LogP contribution in [0.3, 0.4) is 0 Å². The van der Waals surface area contributed by atoms with E-state index in [-0.39, 0.29) is 18.4 Å². The van der Waals surface area contributed by atoms with Crippen LogP contribution in [0.4, 0.5) is 16.2 Å². The van der Waals surface area contributed by atoms with Crippen LogP contribution in [0, 0.1) is 6.92 Å². The summed E-state index contributed by atoms with van der Waals surface area (Å²) in [6, 6.07) is 16.1. The van der Waals surface area contributed by atoms with Crippen molar-refractivity contribution in [2.24, 2.45) is 0 Å². The van der Waals surface area contributed by atoms with E-state index in [0.717, 1.165) is 5.56 Å². The van der Waals surface area contributed by atoms with Gasteiger partial charge in [0.05, 0.1) is 12.1 Å². The molecule has 2 aromatic carbocycles. The van der Waals surface area contributed by atoms with Gasteiger partial charge in [-0.2, -0.15) is 0 Å². The van der Waals surface area contributed by atoms with Crippen molar-refractivity contribution in [3.8, 4) is 11.5 Å². The standard InChI is InChI=1S/C20H20N4O3/c1-13-17(24-19(27-13)14-6-4-3-5-7-14)12-18(25)22-15-8-10-16(11-9-15)23-20(26)21-2/h3-11H,12H2,1-2H3,(H,22,25)(H2,21,23,26). The number of hydrogen-bond donors (Lipinski definition) is 3. The number of anilines is 2. The van der Waals surface area contributed by atoms with Crippen LogP contribution >= 0.6 is 0 Å². The molecule has 0 spiro atoms. The van der Waals surface area contributed by atoms with E-state index in [1.165, 1.54) is 0 Å². The van der Waals surface area contributed by atoms with Crippen LogP contribution in [0.25, 0.3) is 11.5 Å². The summed E-state index contributed by atoms with van der Waals surface area (Å²) < 4.78 is 5.68. The van der Waals surface area contributed by atoms with Gasteiger partial charge in [-0.1, -0.05) is 18.2 Å². The van der Waals surface area contributed by atoms with Gasteiger partial charge in [-0.3, -0.25) is 4.79 Å². The lowest BCUT2D eigenvalue weighted by Gasteiger charge is -2.07. The number of rotatable bonds is 5. The Bertz CT molecular complexity index is 934. The van der Waals surface area contributed by atoms with Gasteiger partial charge in [0.1, 0.15) is 5.76 Å². The van der Waals surface area contributed by atoms with Crippen LogP contribution in [0.15, 0.2) is 59.0 Å². The van der Waals surface area contributed by atoms with Crippen molar-refractivity contribution in [2.75, 3.05) is 17.7 Å². The van der Waals surface area contributed by atoms with E-state index in [0.29, 0.717) is 28.7 Å². The second-order valence-corrected chi connectivity index (χ2v) is 5.89. The maximum Gasteiger partial charge on any atom is 0.318 e. The number of benzene rings is 2. The second-order valence-electron chi connectivity index (χ2n) is 5.89. The van der Waals surface area contributed by atoms with Crippen molar-refractivity contribution < 1.29 is 14.0 Å². The van der Waals surface area contributed by atoms with Gasteiger partial charge in [0.15, 0.2) is 0 Å². The van der Waals surface area contributed by atoms with Crippen LogP contribution in [-0.2, 0) is 11.2 Å². The first kappa shape index (κ1) is 18.2. The van der Waals surface area contributed by atoms with E-state index >= 15 is 0 Å². The molecule has 3 aromatic rings. The number of amides is 3. The van der Waals surface area contributed by atoms with E-state index in [2.05, 4.69) is 20.9 Å². The number of carbonyl (C=O) groups is 2. The summed E-state index contributed by atoms with van der Waals surface area (Å²) in [5.41, 5.74) is 2.73. The molecular weight excluding hydrogens is 344 g/mol. The van der Waals surface area contributed by atoms with Crippen LogP contribution < -0.4 is 16.0 Å². The predicted molar refractivity (Wildman–Crippen MR) is 104 cm³/mol. The Morgan fingerprint density at radius 3 is 2.22 bits per heavy atom. The molecule has 7 heteroatoms. The summed E-state index contributed by atoms with van der Waals surface area (Å²) in [5, 5.41) is 7.94. The molecule has 1 heterocycles. The van der Waals surface area contributed by atoms with Gasteiger partial charge in [0.25, 0.3) is 0 Å². The number of aryl methyl sites for hydroxylation is 1. The van der Waals surface area contributed by atoms with E-state index in [9.17, 15) is 9.59 Å². The lowest BCUT2D eigenvalue weighted by Crippen LogP contribution is -2.24. The topological polar surface area (TPSA) is 96.3 Å². The molecule has 3 rings (SSSR count). The van der Waals surface area contributed by atoms with Crippen molar-refractivity contribution in [1.82, 2.24) is 10.3 Å². The van der Waals surface area contributed by atoms with E-state index in [4.69, 9.17) is 4.42 Å². The molecule has 0 fully saturated rings. The zero-order valence-electron chi connectivity index (χ0n) is 15.1. The summed E-state index contributed by atoms with van der Waals surface area (Å²) >= 11 is 0. The van der Waals surface area contributed by atoms with Crippen LogP contribution in [0.2, 0.25) is 0 Å². The summed E-state index contributed by atoms with van der Waals surface area (Å²) in [6.07, 6.45) is 0.112. The Hall–Kier alpha value is -3.61. The van der Waals surface area contributed by atoms with Gasteiger partial charge in [-0.15, -0.1) is 0 Å². The molecule has 138 valence electrons. The molecule has 1 aromatic heterocycles. The normalized spacial score (nSPS) is 10.3. The minimum atomic E-state index is -0.303. The van der Waals surface area contributed by atoms with Crippen LogP contribution in [0.5, 0.6) is 0 Å². The number of nitrogens with zero attached hydrogens (tertiary/aromatic N) is 1. The average molecular weight is 364 g/mol. The minimum absolute atomic E-state index is 0.112. The fraction of sp³-hybridized carbons (Fsp3) is 0.150. The van der Waals surface area contributed by atoms with Gasteiger partial charge in [-0.05, 0) is 43.3 Å². The Balaban J connectivity index is 1.63. The first-order valence-corrected chi connectivity index (χ1v) is 8.45. The molecule has 0 radical (unpaired) electrons. The predicted octanol–water partition coefficient (Wildman–Crippen LogP) is 3.58. The Morgan fingerprint density at radius 1 is 0.963 bits per heavy atom. The molecule has 0 unspecified atom stereocenters. The molecule has 3 amide bonds. The quantitative estimate of drug-likeness (QED) is 0.645. The number of oxazole rings is 1. The first-order chi connectivity index (χ1) is 13.0. The zero-order chi connectivity index (χ0) is 19.2. The highest BCUT2D eigenvalue weighted by Crippen LogP contribution is 2.22. The monoisotopic (exact) mass is 364 g/mol. The van der Waals surface area contributed by atoms with Gasteiger partial charge in [0, 0.05) is 24.0 Å². The van der Waals surface area contributed by atoms with E-state index in [1.807, 2.05) is 30.3 Å². The second kappa shape index (κ2) is 8.18. The third-order valence-electron chi connectivity index (χ3n) is 3.89. The Morgan fingerprint density at radius 2 is 1.59 bits per heavy atom. The van der Waals surface area contributed by atoms with Crippen molar-refractivity contribution >= 4 is 23.3 Å². The fourth-order valence-electron chi connectivity index (χ4n) is 2.48. The summed E-state index contributed by atoms with van der Waals surface area (Å²) in [7, 11) is 1.54. The third-order valence-corrected chi connectivity index (χ3v) is 3.89. The molecule has 0 aliphatic heterocycles. The number of urea groups is 1. The van der Waals surface area contributed by atoms with Crippen LogP contribution in [0.1, 0.15) is 11.5 Å². The van der Waals surface area contributed by atoms with Crippen molar-refractivity contribution in [1.29, 1.82) is 0 Å². The summed E-state index contributed by atoms with van der Waals surface area (Å²) in [4.78, 5) is 28.0. The van der Waals surface area contributed by atoms with Gasteiger partial charge in [-0.25, -0.2) is 9.78 Å². The molecule has 3 N–H and O–H groups in total. The largest absolute Gasteiger partial charge is 0.441 e. The molecule has 27 heavy (non-hydrogen) atoms. The lowest BCUT2D eigenvalue weighted by molar-refractivity contribution is -0.115. The molecule has 0 atom stereocenters. The Kier molecular flexibility index (Phi) is 5.51. The number of hydrogen-bond acceptors (Lipinski definition) is 4. The molecular formula is C20H20N4O3. The number of carbonyl (C=O) groups excluding carboxylic acids is 2. The van der Waals surface area contributed by atoms with Gasteiger partial charge in [0.2, 0.25) is 11.8 Å². The lowest BCUT2D eigenvalue weighted by atomic mass is 10.2. The smallest absolute Gasteiger partial charge is 0.318 e. The van der Waals surface area contributed by atoms with Crippen molar-refractivity contribution in [2.45, 2.75) is 13.3 Å². The third kappa shape index (κ3) is 4.72. The molecule has 0 bridgehead atoms. The molecule has 0 aliphatic rings. The zero-order valence-corrected chi connectivity index (χ0v) is 15.1. The first-order valence-electron chi connectivity index (χ1n) is 8.45. The average Bonchev–Trinajstić information content (AvgIpc) is 3.04. The van der Waals surface area contributed by atoms with Gasteiger partial charge < -0.3 is 20.4 Å². The maximum atomic E-state index is 12.3. The number of aromatic nitrogens is 1. The maximum absolute atomic E-state index is 12.3. The van der Waals surface area contributed by atoms with Crippen LogP contribution in [-0.4, -0.2) is 24.0 Å². The molecule has 0 saturated carbocycles. The number of nitrogens with one attached hydrogen (secondary N) is 3. The fourth-order valence-corrected chi connectivity index (χ4v) is 2.48. The molecule has 0 saturated heterocycles. The summed E-state index contributed by atoms with van der Waals surface area (Å²) in [5.74, 6) is 0.924. The van der Waals surface area contributed by atoms with Crippen molar-refractivity contribution in [3.63, 3.8) is 0 Å². The SMILES string of the molecule is CNC(=O)Nc1ccc(NC(=O)Cc2nc(-c3ccccc3)oc2C)cc1. The highest BCUT2D eigenvalue weighted by Gasteiger charge is 2.14. The van der Waals surface area contributed by atoms with Crippen molar-refractivity contribution in [3.05, 3.63) is 66.1 Å². The molecule has 7 nitrogen and oxygen atoms in total. The minimum Gasteiger partial charge on any atom is -0.441 e. The highest BCUT2D eigenvalue weighted by molar-refractivity contribution is 5.93. The summed E-state index contributed by atoms with van der Waals surface area (Å²) in [6.45, 7) is 1.79. The Labute approximate surface area is 156 Å². The van der Waals surface area contributed by atoms with Gasteiger partial charge >= 0.3 is 6.03 Å².